The average Bonchev–Trinajstić information content (AvgIpc) is 2.42. The summed E-state index contributed by atoms with van der Waals surface area (Å²) in [7, 11) is 1.30. The Bertz CT molecular complexity index is 407. The molecule has 0 amide bonds. The maximum Gasteiger partial charge on any atom is 0.341 e. The molecule has 0 saturated heterocycles. The quantitative estimate of drug-likeness (QED) is 0.351. The van der Waals surface area contributed by atoms with Gasteiger partial charge in [-0.3, -0.25) is 4.79 Å². The van der Waals surface area contributed by atoms with Crippen molar-refractivity contribution in [2.24, 2.45) is 11.8 Å². The van der Waals surface area contributed by atoms with Gasteiger partial charge in [0.1, 0.15) is 5.78 Å². The summed E-state index contributed by atoms with van der Waals surface area (Å²) < 4.78 is 4.73. The molecule has 3 atom stereocenters. The molecule has 0 aromatic rings. The van der Waals surface area contributed by atoms with Gasteiger partial charge in [0.25, 0.3) is 0 Å². The number of Topliss-reactive ketones (excluding diaryl/α,β-unsaturated/α-hetero) is 1. The first kappa shape index (κ1) is 16.7. The van der Waals surface area contributed by atoms with Gasteiger partial charge < -0.3 is 9.84 Å². The van der Waals surface area contributed by atoms with Crippen LogP contribution >= 0.6 is 0 Å². The second-order valence-electron chi connectivity index (χ2n) is 5.38. The van der Waals surface area contributed by atoms with Crippen molar-refractivity contribution in [2.45, 2.75) is 51.6 Å². The number of hydrogen-bond acceptors (Lipinski definition) is 4. The van der Waals surface area contributed by atoms with Crippen molar-refractivity contribution < 1.29 is 19.4 Å². The number of carbonyl (C=O) groups is 2. The summed E-state index contributed by atoms with van der Waals surface area (Å²) in [6.45, 7) is 5.64. The second kappa shape index (κ2) is 8.03. The van der Waals surface area contributed by atoms with Gasteiger partial charge in [0.05, 0.1) is 18.8 Å². The molecule has 1 N–H and O–H groups in total. The molecule has 4 heteroatoms. The van der Waals surface area contributed by atoms with Crippen LogP contribution < -0.4 is 0 Å². The highest BCUT2D eigenvalue weighted by Gasteiger charge is 2.40. The highest BCUT2D eigenvalue weighted by atomic mass is 16.5. The summed E-state index contributed by atoms with van der Waals surface area (Å²) in [6.07, 6.45) is 3.65. The van der Waals surface area contributed by atoms with Crippen molar-refractivity contribution in [2.75, 3.05) is 7.11 Å². The zero-order valence-electron chi connectivity index (χ0n) is 12.4. The van der Waals surface area contributed by atoms with Gasteiger partial charge in [-0.1, -0.05) is 32.8 Å². The van der Waals surface area contributed by atoms with Crippen LogP contribution in [0.5, 0.6) is 0 Å². The molecular formula is C16H24O4. The largest absolute Gasteiger partial charge is 0.465 e. The molecular weight excluding hydrogens is 256 g/mol. The zero-order chi connectivity index (χ0) is 15.1. The Balaban J connectivity index is 2.92. The van der Waals surface area contributed by atoms with E-state index in [1.54, 1.807) is 0 Å². The number of esters is 1. The van der Waals surface area contributed by atoms with Crippen LogP contribution in [0.3, 0.4) is 0 Å². The molecule has 0 bridgehead atoms. The fourth-order valence-electron chi connectivity index (χ4n) is 2.98. The van der Waals surface area contributed by atoms with Crippen molar-refractivity contribution in [3.63, 3.8) is 0 Å². The van der Waals surface area contributed by atoms with Crippen LogP contribution in [0.25, 0.3) is 0 Å². The van der Waals surface area contributed by atoms with Gasteiger partial charge in [-0.2, -0.15) is 0 Å². The molecule has 1 aliphatic carbocycles. The van der Waals surface area contributed by atoms with E-state index in [-0.39, 0.29) is 23.7 Å². The van der Waals surface area contributed by atoms with Gasteiger partial charge in [0.2, 0.25) is 0 Å². The number of ketones is 1. The molecule has 0 aliphatic heterocycles. The molecule has 1 saturated carbocycles. The summed E-state index contributed by atoms with van der Waals surface area (Å²) in [5.41, 5.74) is 2.88. The van der Waals surface area contributed by atoms with Crippen molar-refractivity contribution in [3.05, 3.63) is 17.9 Å². The molecule has 0 heterocycles. The van der Waals surface area contributed by atoms with Gasteiger partial charge in [-0.05, 0) is 12.3 Å². The van der Waals surface area contributed by atoms with Gasteiger partial charge in [0.15, 0.2) is 0 Å². The smallest absolute Gasteiger partial charge is 0.341 e. The number of methoxy groups -OCH3 is 1. The van der Waals surface area contributed by atoms with Crippen LogP contribution in [0.15, 0.2) is 17.9 Å². The summed E-state index contributed by atoms with van der Waals surface area (Å²) in [5, 5.41) is 10.2. The summed E-state index contributed by atoms with van der Waals surface area (Å²) in [6, 6.07) is 0. The molecule has 1 aliphatic rings. The van der Waals surface area contributed by atoms with E-state index in [4.69, 9.17) is 4.74 Å². The number of carbonyl (C=O) groups excluding carboxylic acids is 2. The first-order chi connectivity index (χ1) is 9.54. The maximum atomic E-state index is 11.8. The highest BCUT2D eigenvalue weighted by molar-refractivity contribution is 5.90. The monoisotopic (exact) mass is 280 g/mol. The van der Waals surface area contributed by atoms with Crippen LogP contribution in [0.4, 0.5) is 0 Å². The fourth-order valence-corrected chi connectivity index (χ4v) is 2.98. The van der Waals surface area contributed by atoms with E-state index in [0.717, 1.165) is 25.7 Å². The predicted molar refractivity (Wildman–Crippen MR) is 76.0 cm³/mol. The van der Waals surface area contributed by atoms with Crippen molar-refractivity contribution in [1.29, 1.82) is 0 Å². The lowest BCUT2D eigenvalue weighted by Gasteiger charge is -2.35. The van der Waals surface area contributed by atoms with E-state index in [1.807, 2.05) is 0 Å². The van der Waals surface area contributed by atoms with Gasteiger partial charge in [-0.15, -0.1) is 5.73 Å². The number of hydrogen-bond donors (Lipinski definition) is 1. The Hall–Kier alpha value is -1.38. The lowest BCUT2D eigenvalue weighted by Crippen LogP contribution is -2.39. The number of rotatable bonds is 6. The number of aliphatic hydroxyl groups is 1. The molecule has 0 aromatic carbocycles. The summed E-state index contributed by atoms with van der Waals surface area (Å²) >= 11 is 0. The van der Waals surface area contributed by atoms with E-state index in [0.29, 0.717) is 6.42 Å². The van der Waals surface area contributed by atoms with E-state index in [1.165, 1.54) is 7.11 Å². The van der Waals surface area contributed by atoms with Gasteiger partial charge >= 0.3 is 5.97 Å². The molecule has 0 aromatic heterocycles. The third-order valence-electron chi connectivity index (χ3n) is 3.96. The van der Waals surface area contributed by atoms with Crippen molar-refractivity contribution in [1.82, 2.24) is 0 Å². The van der Waals surface area contributed by atoms with Gasteiger partial charge in [0, 0.05) is 18.8 Å². The molecule has 3 unspecified atom stereocenters. The normalized spacial score (nSPS) is 25.9. The topological polar surface area (TPSA) is 63.6 Å². The number of ether oxygens (including phenoxy) is 1. The first-order valence-electron chi connectivity index (χ1n) is 7.23. The van der Waals surface area contributed by atoms with Gasteiger partial charge in [-0.25, -0.2) is 4.79 Å². The Kier molecular flexibility index (Phi) is 6.69. The minimum absolute atomic E-state index is 0.0267. The summed E-state index contributed by atoms with van der Waals surface area (Å²) in [5.74, 6) is -0.877. The number of aliphatic hydroxyl groups excluding tert-OH is 1. The molecule has 4 nitrogen and oxygen atoms in total. The third-order valence-corrected chi connectivity index (χ3v) is 3.96. The Morgan fingerprint density at radius 1 is 1.45 bits per heavy atom. The predicted octanol–water partition coefficient (Wildman–Crippen LogP) is 2.41. The molecule has 1 fully saturated rings. The maximum absolute atomic E-state index is 11.8. The fraction of sp³-hybridized carbons (Fsp3) is 0.688. The molecule has 0 spiro atoms. The standard InChI is InChI=1S/C16H24O4/c1-4-6-7-8-11-9-12(17)10-14(18)15(11)13(5-2)16(19)20-3/h11,14-15,18H,2,4,6-10H2,1,3H3. The molecule has 112 valence electrons. The van der Waals surface area contributed by atoms with E-state index in [2.05, 4.69) is 19.2 Å². The van der Waals surface area contributed by atoms with Crippen LogP contribution in [0.1, 0.15) is 45.4 Å². The minimum Gasteiger partial charge on any atom is -0.465 e. The Morgan fingerprint density at radius 3 is 2.70 bits per heavy atom. The SMILES string of the molecule is C=C=C(C(=O)OC)C1C(O)CC(=O)CC1CCCCC. The van der Waals surface area contributed by atoms with Crippen LogP contribution in [0.2, 0.25) is 0 Å². The van der Waals surface area contributed by atoms with Crippen molar-refractivity contribution in [3.8, 4) is 0 Å². The van der Waals surface area contributed by atoms with E-state index >= 15 is 0 Å². The highest BCUT2D eigenvalue weighted by Crippen LogP contribution is 2.37. The lowest BCUT2D eigenvalue weighted by molar-refractivity contribution is -0.139. The average molecular weight is 280 g/mol. The summed E-state index contributed by atoms with van der Waals surface area (Å²) in [4.78, 5) is 23.5. The second-order valence-corrected chi connectivity index (χ2v) is 5.38. The molecule has 0 radical (unpaired) electrons. The minimum atomic E-state index is -0.841. The van der Waals surface area contributed by atoms with E-state index in [9.17, 15) is 14.7 Å². The Labute approximate surface area is 120 Å². The van der Waals surface area contributed by atoms with Crippen LogP contribution in [-0.2, 0) is 14.3 Å². The van der Waals surface area contributed by atoms with Crippen LogP contribution in [0, 0.1) is 11.8 Å². The Morgan fingerprint density at radius 2 is 2.15 bits per heavy atom. The zero-order valence-corrected chi connectivity index (χ0v) is 12.4. The van der Waals surface area contributed by atoms with Crippen molar-refractivity contribution >= 4 is 11.8 Å². The molecule has 20 heavy (non-hydrogen) atoms. The van der Waals surface area contributed by atoms with E-state index < -0.39 is 18.0 Å². The molecule has 1 rings (SSSR count). The number of unbranched alkanes of at least 4 members (excludes halogenated alkanes) is 2. The third kappa shape index (κ3) is 4.06. The first-order valence-corrected chi connectivity index (χ1v) is 7.23. The van der Waals surface area contributed by atoms with Crippen LogP contribution in [-0.4, -0.2) is 30.1 Å². The lowest BCUT2D eigenvalue weighted by atomic mass is 9.71.